The highest BCUT2D eigenvalue weighted by Crippen LogP contribution is 2.17. The number of rotatable bonds is 10. The molecular formula is C20H26N4O4. The van der Waals surface area contributed by atoms with Crippen LogP contribution in [0.5, 0.6) is 0 Å². The molecule has 8 heteroatoms. The summed E-state index contributed by atoms with van der Waals surface area (Å²) in [5.41, 5.74) is 6.75. The molecule has 2 aromatic rings. The number of carboxylic acid groups (broad SMARTS) is 1. The van der Waals surface area contributed by atoms with Crippen molar-refractivity contribution in [1.29, 1.82) is 0 Å². The summed E-state index contributed by atoms with van der Waals surface area (Å²) in [5.74, 6) is -2.31. The second-order valence-electron chi connectivity index (χ2n) is 7.19. The summed E-state index contributed by atoms with van der Waals surface area (Å²) in [7, 11) is 0. The second-order valence-corrected chi connectivity index (χ2v) is 7.19. The van der Waals surface area contributed by atoms with E-state index in [0.717, 1.165) is 10.9 Å². The molecule has 0 unspecified atom stereocenters. The minimum atomic E-state index is -1.12. The summed E-state index contributed by atoms with van der Waals surface area (Å²) in [6.45, 7) is 4.07. The van der Waals surface area contributed by atoms with E-state index < -0.39 is 36.2 Å². The van der Waals surface area contributed by atoms with Crippen LogP contribution in [0, 0.1) is 11.8 Å². The smallest absolute Gasteiger partial charge is 0.305 e. The average molecular weight is 386 g/mol. The number of fused-ring (bicyclic) bond motifs is 1. The summed E-state index contributed by atoms with van der Waals surface area (Å²) in [6.07, 6.45) is 1.83. The number of carbonyl (C=O) groups is 3. The van der Waals surface area contributed by atoms with Crippen molar-refractivity contribution >= 4 is 34.4 Å². The number of hydrogen-bond donors (Lipinski definition) is 4. The summed E-state index contributed by atoms with van der Waals surface area (Å²) in [6, 6.07) is 7.92. The van der Waals surface area contributed by atoms with Crippen LogP contribution in [0.2, 0.25) is 0 Å². The molecule has 0 saturated carbocycles. The Hall–Kier alpha value is -3.00. The maximum absolute atomic E-state index is 12.6. The van der Waals surface area contributed by atoms with Gasteiger partial charge in [0.1, 0.15) is 0 Å². The Labute approximate surface area is 163 Å². The molecule has 28 heavy (non-hydrogen) atoms. The number of nitrogens with two attached hydrogens (primary N) is 1. The quantitative estimate of drug-likeness (QED) is 0.491. The zero-order valence-corrected chi connectivity index (χ0v) is 16.0. The highest BCUT2D eigenvalue weighted by atomic mass is 16.4. The molecule has 1 aromatic heterocycles. The van der Waals surface area contributed by atoms with E-state index >= 15 is 0 Å². The molecule has 2 amide bonds. The van der Waals surface area contributed by atoms with Gasteiger partial charge in [0.2, 0.25) is 11.8 Å². The van der Waals surface area contributed by atoms with Crippen molar-refractivity contribution in [1.82, 2.24) is 10.3 Å². The molecule has 1 aromatic carbocycles. The molecule has 0 fully saturated rings. The Morgan fingerprint density at radius 3 is 2.61 bits per heavy atom. The maximum Gasteiger partial charge on any atom is 0.305 e. The molecule has 1 heterocycles. The summed E-state index contributed by atoms with van der Waals surface area (Å²) < 4.78 is 0. The van der Waals surface area contributed by atoms with E-state index in [1.54, 1.807) is 30.5 Å². The number of pyridine rings is 1. The minimum absolute atomic E-state index is 0.139. The number of benzene rings is 1. The van der Waals surface area contributed by atoms with E-state index in [-0.39, 0.29) is 12.5 Å². The van der Waals surface area contributed by atoms with E-state index in [1.165, 1.54) is 0 Å². The van der Waals surface area contributed by atoms with Crippen LogP contribution in [0.15, 0.2) is 36.5 Å². The number of amides is 2. The number of hydrogen-bond acceptors (Lipinski definition) is 5. The van der Waals surface area contributed by atoms with Crippen molar-refractivity contribution in [2.45, 2.75) is 32.7 Å². The van der Waals surface area contributed by atoms with Gasteiger partial charge < -0.3 is 21.5 Å². The van der Waals surface area contributed by atoms with Crippen LogP contribution in [0.25, 0.3) is 10.9 Å². The van der Waals surface area contributed by atoms with Crippen LogP contribution in [0.3, 0.4) is 0 Å². The van der Waals surface area contributed by atoms with Gasteiger partial charge in [-0.3, -0.25) is 19.4 Å². The van der Waals surface area contributed by atoms with E-state index in [9.17, 15) is 14.4 Å². The number of aromatic nitrogens is 1. The van der Waals surface area contributed by atoms with Crippen LogP contribution < -0.4 is 16.4 Å². The fourth-order valence-corrected chi connectivity index (χ4v) is 2.97. The topological polar surface area (TPSA) is 134 Å². The Kier molecular flexibility index (Phi) is 7.45. The van der Waals surface area contributed by atoms with E-state index in [0.29, 0.717) is 12.1 Å². The number of nitrogens with one attached hydrogen (secondary N) is 2. The van der Waals surface area contributed by atoms with Gasteiger partial charge >= 0.3 is 5.97 Å². The van der Waals surface area contributed by atoms with Crippen molar-refractivity contribution in [2.24, 2.45) is 17.6 Å². The first-order valence-corrected chi connectivity index (χ1v) is 9.16. The highest BCUT2D eigenvalue weighted by Gasteiger charge is 2.25. The van der Waals surface area contributed by atoms with Gasteiger partial charge in [0.05, 0.1) is 23.9 Å². The van der Waals surface area contributed by atoms with Gasteiger partial charge in [-0.2, -0.15) is 0 Å². The van der Waals surface area contributed by atoms with Gasteiger partial charge in [-0.05, 0) is 36.6 Å². The standard InChI is InChI=1S/C20H26N4O4/c1-12(2)8-14(19(21)27)11-23-17(10-18(25)26)20(28)24-15-5-6-16-13(9-15)4-3-7-22-16/h3-7,9,12,14,17,23H,8,10-11H2,1-2H3,(H2,21,27)(H,24,28)(H,25,26)/t14-,17-/m0/s1. The number of primary amides is 1. The first-order chi connectivity index (χ1) is 13.3. The molecule has 0 spiro atoms. The van der Waals surface area contributed by atoms with E-state index in [2.05, 4.69) is 15.6 Å². The molecule has 8 nitrogen and oxygen atoms in total. The average Bonchev–Trinajstić information content (AvgIpc) is 2.63. The van der Waals surface area contributed by atoms with Gasteiger partial charge in [0.25, 0.3) is 0 Å². The fraction of sp³-hybridized carbons (Fsp3) is 0.400. The van der Waals surface area contributed by atoms with Gasteiger partial charge in [-0.1, -0.05) is 19.9 Å². The lowest BCUT2D eigenvalue weighted by atomic mass is 9.96. The minimum Gasteiger partial charge on any atom is -0.481 e. The molecule has 0 aliphatic rings. The fourth-order valence-electron chi connectivity index (χ4n) is 2.97. The predicted octanol–water partition coefficient (Wildman–Crippen LogP) is 1.75. The summed E-state index contributed by atoms with van der Waals surface area (Å²) >= 11 is 0. The lowest BCUT2D eigenvalue weighted by Gasteiger charge is -2.21. The van der Waals surface area contributed by atoms with Crippen LogP contribution in [0.1, 0.15) is 26.7 Å². The summed E-state index contributed by atoms with van der Waals surface area (Å²) in [4.78, 5) is 39.6. The van der Waals surface area contributed by atoms with Crippen LogP contribution in [0.4, 0.5) is 5.69 Å². The number of carboxylic acids is 1. The molecule has 5 N–H and O–H groups in total. The number of carbonyl (C=O) groups excluding carboxylic acids is 2. The Morgan fingerprint density at radius 2 is 1.96 bits per heavy atom. The van der Waals surface area contributed by atoms with Crippen molar-refractivity contribution < 1.29 is 19.5 Å². The van der Waals surface area contributed by atoms with Crippen LogP contribution in [-0.4, -0.2) is 40.5 Å². The zero-order valence-electron chi connectivity index (χ0n) is 16.0. The molecule has 150 valence electrons. The maximum atomic E-state index is 12.6. The third kappa shape index (κ3) is 6.31. The monoisotopic (exact) mass is 386 g/mol. The normalized spacial score (nSPS) is 13.2. The lowest BCUT2D eigenvalue weighted by molar-refractivity contribution is -0.139. The first-order valence-electron chi connectivity index (χ1n) is 9.16. The van der Waals surface area contributed by atoms with Crippen LogP contribution in [-0.2, 0) is 14.4 Å². The predicted molar refractivity (Wildman–Crippen MR) is 107 cm³/mol. The van der Waals surface area contributed by atoms with Gasteiger partial charge in [-0.15, -0.1) is 0 Å². The molecule has 0 aliphatic heterocycles. The molecule has 0 bridgehead atoms. The number of anilines is 1. The zero-order chi connectivity index (χ0) is 20.7. The number of aliphatic carboxylic acids is 1. The molecular weight excluding hydrogens is 360 g/mol. The van der Waals surface area contributed by atoms with Crippen molar-refractivity contribution in [3.8, 4) is 0 Å². The first kappa shape index (κ1) is 21.3. The lowest BCUT2D eigenvalue weighted by Crippen LogP contribution is -2.46. The van der Waals surface area contributed by atoms with E-state index in [1.807, 2.05) is 19.9 Å². The van der Waals surface area contributed by atoms with Gasteiger partial charge in [0.15, 0.2) is 0 Å². The van der Waals surface area contributed by atoms with Crippen LogP contribution >= 0.6 is 0 Å². The molecule has 0 saturated heterocycles. The third-order valence-corrected chi connectivity index (χ3v) is 4.33. The highest BCUT2D eigenvalue weighted by molar-refractivity contribution is 5.98. The van der Waals surface area contributed by atoms with Crippen molar-refractivity contribution in [2.75, 3.05) is 11.9 Å². The van der Waals surface area contributed by atoms with Crippen molar-refractivity contribution in [3.05, 3.63) is 36.5 Å². The summed E-state index contributed by atoms with van der Waals surface area (Å²) in [5, 5.41) is 15.6. The van der Waals surface area contributed by atoms with E-state index in [4.69, 9.17) is 10.8 Å². The molecule has 0 radical (unpaired) electrons. The number of nitrogens with zero attached hydrogens (tertiary/aromatic N) is 1. The Balaban J connectivity index is 2.08. The van der Waals surface area contributed by atoms with Gasteiger partial charge in [-0.25, -0.2) is 0 Å². The molecule has 2 atom stereocenters. The third-order valence-electron chi connectivity index (χ3n) is 4.33. The second kappa shape index (κ2) is 9.80. The Morgan fingerprint density at radius 1 is 1.21 bits per heavy atom. The SMILES string of the molecule is CC(C)C[C@@H](CN[C@@H](CC(=O)O)C(=O)Nc1ccc2ncccc2c1)C(N)=O. The van der Waals surface area contributed by atoms with Gasteiger partial charge in [0, 0.05) is 23.8 Å². The molecule has 2 rings (SSSR count). The van der Waals surface area contributed by atoms with Crippen molar-refractivity contribution in [3.63, 3.8) is 0 Å². The molecule has 0 aliphatic carbocycles. The largest absolute Gasteiger partial charge is 0.481 e. The Bertz CT molecular complexity index is 853.